The zero-order valence-corrected chi connectivity index (χ0v) is 12.3. The molecule has 3 nitrogen and oxygen atoms in total. The number of benzene rings is 1. The molecule has 0 saturated heterocycles. The molecule has 0 heterocycles. The Hall–Kier alpha value is -1.13. The molecule has 0 spiro atoms. The highest BCUT2D eigenvalue weighted by molar-refractivity contribution is 9.10. The van der Waals surface area contributed by atoms with Crippen LogP contribution in [0.3, 0.4) is 0 Å². The van der Waals surface area contributed by atoms with Crippen molar-refractivity contribution in [1.82, 2.24) is 5.32 Å². The van der Waals surface area contributed by atoms with Gasteiger partial charge in [-0.25, -0.2) is 0 Å². The predicted molar refractivity (Wildman–Crippen MR) is 79.6 cm³/mol. The topological polar surface area (TPSA) is 49.3 Å². The Kier molecular flexibility index (Phi) is 5.16. The Bertz CT molecular complexity index is 465. The van der Waals surface area contributed by atoms with Crippen molar-refractivity contribution in [3.8, 4) is 0 Å². The monoisotopic (exact) mass is 323 g/mol. The highest BCUT2D eigenvalue weighted by Crippen LogP contribution is 2.19. The number of hydrogen-bond acceptors (Lipinski definition) is 2. The normalized spacial score (nSPS) is 23.5. The fourth-order valence-corrected chi connectivity index (χ4v) is 2.66. The van der Waals surface area contributed by atoms with Gasteiger partial charge in [0, 0.05) is 16.6 Å². The van der Waals surface area contributed by atoms with E-state index in [1.54, 1.807) is 12.2 Å². The number of halogens is 1. The minimum Gasteiger partial charge on any atom is -0.393 e. The highest BCUT2D eigenvalue weighted by atomic mass is 79.9. The third-order valence-electron chi connectivity index (χ3n) is 3.36. The standard InChI is InChI=1S/C15H18BrNO2/c16-14-4-2-1-3-11(14)5-10-15(19)17-12-6-8-13(18)9-7-12/h1-5,10,12-13,18H,6-9H2,(H,17,19). The van der Waals surface area contributed by atoms with Crippen LogP contribution in [-0.2, 0) is 4.79 Å². The molecule has 1 aromatic rings. The summed E-state index contributed by atoms with van der Waals surface area (Å²) < 4.78 is 0.972. The minimum absolute atomic E-state index is 0.0721. The molecule has 1 fully saturated rings. The maximum Gasteiger partial charge on any atom is 0.244 e. The molecular weight excluding hydrogens is 306 g/mol. The van der Waals surface area contributed by atoms with Crippen LogP contribution in [0.2, 0.25) is 0 Å². The van der Waals surface area contributed by atoms with Gasteiger partial charge >= 0.3 is 0 Å². The minimum atomic E-state index is -0.191. The molecule has 102 valence electrons. The van der Waals surface area contributed by atoms with Gasteiger partial charge in [0.05, 0.1) is 6.10 Å². The zero-order valence-electron chi connectivity index (χ0n) is 10.7. The van der Waals surface area contributed by atoms with E-state index in [9.17, 15) is 9.90 Å². The quantitative estimate of drug-likeness (QED) is 0.840. The number of aliphatic hydroxyl groups excluding tert-OH is 1. The third kappa shape index (κ3) is 4.48. The van der Waals surface area contributed by atoms with Crippen LogP contribution in [0.5, 0.6) is 0 Å². The van der Waals surface area contributed by atoms with E-state index < -0.39 is 0 Å². The van der Waals surface area contributed by atoms with Crippen molar-refractivity contribution >= 4 is 27.9 Å². The van der Waals surface area contributed by atoms with Crippen molar-refractivity contribution in [2.24, 2.45) is 0 Å². The Morgan fingerprint density at radius 3 is 2.63 bits per heavy atom. The first kappa shape index (κ1) is 14.3. The first-order valence-corrected chi connectivity index (χ1v) is 7.35. The van der Waals surface area contributed by atoms with E-state index in [0.717, 1.165) is 35.7 Å². The molecule has 0 atom stereocenters. The largest absolute Gasteiger partial charge is 0.393 e. The molecule has 0 aromatic heterocycles. The van der Waals surface area contributed by atoms with Gasteiger partial charge in [0.15, 0.2) is 0 Å². The van der Waals surface area contributed by atoms with Crippen LogP contribution in [0.1, 0.15) is 31.2 Å². The van der Waals surface area contributed by atoms with Crippen LogP contribution < -0.4 is 5.32 Å². The summed E-state index contributed by atoms with van der Waals surface area (Å²) in [4.78, 5) is 11.8. The van der Waals surface area contributed by atoms with Gasteiger partial charge in [0.1, 0.15) is 0 Å². The summed E-state index contributed by atoms with van der Waals surface area (Å²) >= 11 is 3.44. The van der Waals surface area contributed by atoms with Crippen molar-refractivity contribution in [1.29, 1.82) is 0 Å². The van der Waals surface area contributed by atoms with Crippen molar-refractivity contribution in [3.63, 3.8) is 0 Å². The Labute approximate surface area is 121 Å². The molecule has 19 heavy (non-hydrogen) atoms. The van der Waals surface area contributed by atoms with Gasteiger partial charge in [-0.2, -0.15) is 0 Å². The molecule has 1 saturated carbocycles. The van der Waals surface area contributed by atoms with E-state index in [4.69, 9.17) is 0 Å². The van der Waals surface area contributed by atoms with Gasteiger partial charge < -0.3 is 10.4 Å². The van der Waals surface area contributed by atoms with Gasteiger partial charge in [-0.3, -0.25) is 4.79 Å². The number of carbonyl (C=O) groups excluding carboxylic acids is 1. The van der Waals surface area contributed by atoms with Crippen molar-refractivity contribution in [2.75, 3.05) is 0 Å². The van der Waals surface area contributed by atoms with E-state index in [2.05, 4.69) is 21.2 Å². The summed E-state index contributed by atoms with van der Waals surface area (Å²) in [6.45, 7) is 0. The number of hydrogen-bond donors (Lipinski definition) is 2. The number of rotatable bonds is 3. The average molecular weight is 324 g/mol. The molecule has 1 aliphatic rings. The lowest BCUT2D eigenvalue weighted by atomic mass is 9.93. The second-order valence-corrected chi connectivity index (χ2v) is 5.72. The number of nitrogens with one attached hydrogen (secondary N) is 1. The summed E-state index contributed by atoms with van der Waals surface area (Å²) in [5, 5.41) is 12.4. The van der Waals surface area contributed by atoms with E-state index in [1.807, 2.05) is 24.3 Å². The van der Waals surface area contributed by atoms with Crippen LogP contribution >= 0.6 is 15.9 Å². The van der Waals surface area contributed by atoms with E-state index in [1.165, 1.54) is 0 Å². The van der Waals surface area contributed by atoms with Crippen molar-refractivity contribution in [2.45, 2.75) is 37.8 Å². The Balaban J connectivity index is 1.86. The summed E-state index contributed by atoms with van der Waals surface area (Å²) in [5.74, 6) is -0.0721. The molecular formula is C15H18BrNO2. The molecule has 0 unspecified atom stereocenters. The van der Waals surface area contributed by atoms with Crippen LogP contribution in [0, 0.1) is 0 Å². The fourth-order valence-electron chi connectivity index (χ4n) is 2.25. The van der Waals surface area contributed by atoms with E-state index in [-0.39, 0.29) is 18.1 Å². The molecule has 4 heteroatoms. The summed E-state index contributed by atoms with van der Waals surface area (Å²) in [5.41, 5.74) is 0.983. The van der Waals surface area contributed by atoms with Crippen LogP contribution in [0.4, 0.5) is 0 Å². The van der Waals surface area contributed by atoms with Gasteiger partial charge in [0.25, 0.3) is 0 Å². The lowest BCUT2D eigenvalue weighted by Gasteiger charge is -2.25. The van der Waals surface area contributed by atoms with Gasteiger partial charge in [-0.05, 0) is 43.4 Å². The van der Waals surface area contributed by atoms with Crippen molar-refractivity contribution < 1.29 is 9.90 Å². The zero-order chi connectivity index (χ0) is 13.7. The fraction of sp³-hybridized carbons (Fsp3) is 0.400. The van der Waals surface area contributed by atoms with Crippen LogP contribution in [0.15, 0.2) is 34.8 Å². The molecule has 2 rings (SSSR count). The summed E-state index contributed by atoms with van der Waals surface area (Å²) in [6.07, 6.45) is 6.44. The van der Waals surface area contributed by atoms with Gasteiger partial charge in [0.2, 0.25) is 5.91 Å². The van der Waals surface area contributed by atoms with Gasteiger partial charge in [-0.15, -0.1) is 0 Å². The Morgan fingerprint density at radius 2 is 1.95 bits per heavy atom. The Morgan fingerprint density at radius 1 is 1.26 bits per heavy atom. The highest BCUT2D eigenvalue weighted by Gasteiger charge is 2.19. The van der Waals surface area contributed by atoms with E-state index in [0.29, 0.717) is 0 Å². The second-order valence-electron chi connectivity index (χ2n) is 4.87. The molecule has 0 aliphatic heterocycles. The lowest BCUT2D eigenvalue weighted by molar-refractivity contribution is -0.117. The van der Waals surface area contributed by atoms with Crippen LogP contribution in [0.25, 0.3) is 6.08 Å². The van der Waals surface area contributed by atoms with E-state index >= 15 is 0 Å². The molecule has 0 bridgehead atoms. The first-order chi connectivity index (χ1) is 9.15. The molecule has 2 N–H and O–H groups in total. The molecule has 1 amide bonds. The smallest absolute Gasteiger partial charge is 0.244 e. The molecule has 1 aromatic carbocycles. The number of amides is 1. The summed E-state index contributed by atoms with van der Waals surface area (Å²) in [6, 6.07) is 7.96. The number of carbonyl (C=O) groups is 1. The second kappa shape index (κ2) is 6.87. The maximum absolute atomic E-state index is 11.8. The van der Waals surface area contributed by atoms with Crippen LogP contribution in [-0.4, -0.2) is 23.2 Å². The van der Waals surface area contributed by atoms with Crippen molar-refractivity contribution in [3.05, 3.63) is 40.4 Å². The molecule has 1 aliphatic carbocycles. The summed E-state index contributed by atoms with van der Waals surface area (Å²) in [7, 11) is 0. The number of aliphatic hydroxyl groups is 1. The lowest BCUT2D eigenvalue weighted by Crippen LogP contribution is -2.37. The van der Waals surface area contributed by atoms with Gasteiger partial charge in [-0.1, -0.05) is 34.1 Å². The predicted octanol–water partition coefficient (Wildman–Crippen LogP) is 2.88. The first-order valence-electron chi connectivity index (χ1n) is 6.56. The molecule has 0 radical (unpaired) electrons. The SMILES string of the molecule is O=C(C=Cc1ccccc1Br)NC1CCC(O)CC1. The maximum atomic E-state index is 11.8. The average Bonchev–Trinajstić information content (AvgIpc) is 2.40. The third-order valence-corrected chi connectivity index (χ3v) is 4.08.